The van der Waals surface area contributed by atoms with Crippen LogP contribution >= 0.6 is 11.8 Å². The number of hydrogen-bond acceptors (Lipinski definition) is 4. The number of nitrogens with zero attached hydrogens (tertiary/aromatic N) is 1. The molecule has 0 saturated carbocycles. The normalized spacial score (nSPS) is 14.4. The SMILES string of the molecule is CC(=O)O.O=C1N=C(Nc2cc[c]([Na])cc2)SC1=Cc1ccc2ccccc2c1. The molecular formula is C22H17N2NaO3S. The number of carbonyl (C=O) groups excluding carboxylic acids is 1. The van der Waals surface area contributed by atoms with E-state index in [1.165, 1.54) is 20.0 Å². The first kappa shape index (κ1) is 21.3. The molecule has 7 heteroatoms. The molecule has 4 rings (SSSR count). The van der Waals surface area contributed by atoms with Crippen molar-refractivity contribution in [2.75, 3.05) is 5.32 Å². The number of amidine groups is 1. The topological polar surface area (TPSA) is 78.8 Å². The van der Waals surface area contributed by atoms with Crippen LogP contribution in [0, 0.1) is 0 Å². The van der Waals surface area contributed by atoms with Gasteiger partial charge in [0, 0.05) is 6.92 Å². The number of carboxylic acids is 1. The van der Waals surface area contributed by atoms with Crippen LogP contribution in [0.5, 0.6) is 0 Å². The summed E-state index contributed by atoms with van der Waals surface area (Å²) in [6.45, 7) is 1.08. The summed E-state index contributed by atoms with van der Waals surface area (Å²) in [6, 6.07) is 22.6. The minimum absolute atomic E-state index is 0.194. The Morgan fingerprint density at radius 3 is 2.41 bits per heavy atom. The van der Waals surface area contributed by atoms with Gasteiger partial charge in [0.2, 0.25) is 0 Å². The summed E-state index contributed by atoms with van der Waals surface area (Å²) in [4.78, 5) is 25.9. The van der Waals surface area contributed by atoms with E-state index < -0.39 is 5.97 Å². The molecule has 1 aliphatic heterocycles. The van der Waals surface area contributed by atoms with Gasteiger partial charge >= 0.3 is 139 Å². The second-order valence-electron chi connectivity index (χ2n) is 6.45. The molecule has 3 aromatic carbocycles. The molecule has 0 unspecified atom stereocenters. The molecule has 0 atom stereocenters. The van der Waals surface area contributed by atoms with Crippen LogP contribution in [0.3, 0.4) is 0 Å². The first-order valence-electron chi connectivity index (χ1n) is 8.95. The summed E-state index contributed by atoms with van der Waals surface area (Å²) in [5.74, 6) is -1.03. The van der Waals surface area contributed by atoms with E-state index in [2.05, 4.69) is 46.7 Å². The summed E-state index contributed by atoms with van der Waals surface area (Å²) in [5.41, 5.74) is 1.96. The second kappa shape index (κ2) is 9.89. The van der Waals surface area contributed by atoms with E-state index in [0.717, 1.165) is 51.5 Å². The molecule has 2 N–H and O–H groups in total. The maximum absolute atomic E-state index is 12.2. The molecular weight excluding hydrogens is 395 g/mol. The molecule has 5 nitrogen and oxygen atoms in total. The standard InChI is InChI=1S/C20H13N2OS.C2H4O2.Na/c23-19-18(24-20(22-19)21-17-8-2-1-3-9-17)13-14-10-11-15-6-4-5-7-16(15)12-14;1-2(3)4;/h2-13H,(H,21,22,23);1H3,(H,3,4);. The first-order chi connectivity index (χ1) is 13.9. The second-order valence-corrected chi connectivity index (χ2v) is 8.63. The third-order valence-electron chi connectivity index (χ3n) is 3.99. The number of amides is 1. The first-order valence-corrected chi connectivity index (χ1v) is 10.8. The van der Waals surface area contributed by atoms with Crippen LogP contribution in [-0.2, 0) is 9.59 Å². The Hall–Kier alpha value is -2.38. The summed E-state index contributed by atoms with van der Waals surface area (Å²) in [6.07, 6.45) is 1.90. The number of aliphatic carboxylic acids is 1. The van der Waals surface area contributed by atoms with E-state index >= 15 is 0 Å². The Kier molecular flexibility index (Phi) is 7.28. The zero-order valence-electron chi connectivity index (χ0n) is 16.0. The number of hydrogen-bond donors (Lipinski definition) is 2. The molecule has 29 heavy (non-hydrogen) atoms. The molecule has 1 aliphatic rings. The van der Waals surface area contributed by atoms with Crippen LogP contribution in [-0.4, -0.2) is 50.1 Å². The van der Waals surface area contributed by atoms with Gasteiger partial charge in [0.1, 0.15) is 0 Å². The van der Waals surface area contributed by atoms with Crippen LogP contribution in [0.15, 0.2) is 76.6 Å². The predicted octanol–water partition coefficient (Wildman–Crippen LogP) is 3.81. The number of fused-ring (bicyclic) bond motifs is 1. The fourth-order valence-corrected chi connectivity index (χ4v) is 3.84. The van der Waals surface area contributed by atoms with Gasteiger partial charge in [-0.3, -0.25) is 4.79 Å². The van der Waals surface area contributed by atoms with Crippen molar-refractivity contribution in [1.82, 2.24) is 0 Å². The molecule has 0 fully saturated rings. The van der Waals surface area contributed by atoms with E-state index in [1.807, 2.05) is 36.4 Å². The Morgan fingerprint density at radius 2 is 1.72 bits per heavy atom. The third-order valence-corrected chi connectivity index (χ3v) is 5.56. The van der Waals surface area contributed by atoms with Gasteiger partial charge in [-0.15, -0.1) is 0 Å². The zero-order valence-corrected chi connectivity index (χ0v) is 18.9. The monoisotopic (exact) mass is 412 g/mol. The van der Waals surface area contributed by atoms with Gasteiger partial charge in [-0.25, -0.2) is 0 Å². The number of anilines is 1. The van der Waals surface area contributed by atoms with Crippen molar-refractivity contribution in [3.63, 3.8) is 0 Å². The van der Waals surface area contributed by atoms with Crippen LogP contribution in [0.1, 0.15) is 12.5 Å². The summed E-state index contributed by atoms with van der Waals surface area (Å²) < 4.78 is 1.33. The number of aliphatic imine (C=N–C) groups is 1. The van der Waals surface area contributed by atoms with Crippen LogP contribution in [0.25, 0.3) is 16.8 Å². The van der Waals surface area contributed by atoms with E-state index in [-0.39, 0.29) is 5.91 Å². The fourth-order valence-electron chi connectivity index (χ4n) is 2.67. The van der Waals surface area contributed by atoms with Crippen molar-refractivity contribution in [3.05, 3.63) is 77.2 Å². The Morgan fingerprint density at radius 1 is 1.07 bits per heavy atom. The van der Waals surface area contributed by atoms with Crippen molar-refractivity contribution in [2.45, 2.75) is 6.92 Å². The summed E-state index contributed by atoms with van der Waals surface area (Å²) >= 11 is 2.41. The Labute approximate surface area is 190 Å². The van der Waals surface area contributed by atoms with Gasteiger partial charge in [-0.05, 0) is 5.39 Å². The minimum atomic E-state index is -0.833. The van der Waals surface area contributed by atoms with Crippen molar-refractivity contribution in [1.29, 1.82) is 0 Å². The van der Waals surface area contributed by atoms with Crippen molar-refractivity contribution < 1.29 is 14.7 Å². The Bertz CT molecular complexity index is 1120. The number of nitrogens with one attached hydrogen (secondary N) is 1. The molecule has 1 heterocycles. The number of carboxylic acid groups (broad SMARTS) is 1. The number of carbonyl (C=O) groups is 2. The fraction of sp³-hybridized carbons (Fsp3) is 0.0455. The maximum atomic E-state index is 12.2. The molecule has 1 amide bonds. The Balaban J connectivity index is 0.000000552. The van der Waals surface area contributed by atoms with Gasteiger partial charge in [0.05, 0.1) is 0 Å². The van der Waals surface area contributed by atoms with Gasteiger partial charge in [0.25, 0.3) is 5.97 Å². The van der Waals surface area contributed by atoms with E-state index in [0.29, 0.717) is 10.1 Å². The van der Waals surface area contributed by atoms with Gasteiger partial charge in [0.15, 0.2) is 0 Å². The summed E-state index contributed by atoms with van der Waals surface area (Å²) in [5, 5.41) is 13.6. The van der Waals surface area contributed by atoms with Gasteiger partial charge < -0.3 is 5.11 Å². The molecule has 3 aromatic rings. The van der Waals surface area contributed by atoms with Crippen molar-refractivity contribution in [2.24, 2.45) is 4.99 Å². The predicted molar refractivity (Wildman–Crippen MR) is 121 cm³/mol. The van der Waals surface area contributed by atoms with Gasteiger partial charge in [-0.2, -0.15) is 0 Å². The van der Waals surface area contributed by atoms with Crippen LogP contribution in [0.4, 0.5) is 5.69 Å². The molecule has 0 aliphatic carbocycles. The molecule has 0 radical (unpaired) electrons. The molecule has 0 spiro atoms. The number of thioether (sulfide) groups is 1. The number of rotatable bonds is 2. The zero-order chi connectivity index (χ0) is 20.8. The van der Waals surface area contributed by atoms with Crippen molar-refractivity contribution in [3.8, 4) is 0 Å². The van der Waals surface area contributed by atoms with Gasteiger partial charge in [-0.1, -0.05) is 24.3 Å². The third kappa shape index (κ3) is 6.30. The van der Waals surface area contributed by atoms with Crippen LogP contribution in [0.2, 0.25) is 0 Å². The van der Waals surface area contributed by atoms with Crippen LogP contribution < -0.4 is 8.13 Å². The van der Waals surface area contributed by atoms with Crippen molar-refractivity contribution >= 4 is 82.1 Å². The molecule has 140 valence electrons. The van der Waals surface area contributed by atoms with E-state index in [1.54, 1.807) is 0 Å². The van der Waals surface area contributed by atoms with E-state index in [9.17, 15) is 4.79 Å². The summed E-state index contributed by atoms with van der Waals surface area (Å²) in [7, 11) is 0. The molecule has 0 bridgehead atoms. The number of benzene rings is 3. The molecule has 0 aromatic heterocycles. The molecule has 0 saturated heterocycles. The average molecular weight is 412 g/mol. The van der Waals surface area contributed by atoms with E-state index in [4.69, 9.17) is 9.90 Å². The average Bonchev–Trinajstić information content (AvgIpc) is 3.02. The quantitative estimate of drug-likeness (QED) is 0.494.